The van der Waals surface area contributed by atoms with Gasteiger partial charge in [0.15, 0.2) is 0 Å². The van der Waals surface area contributed by atoms with Crippen molar-refractivity contribution in [1.29, 1.82) is 0 Å². The number of phenolic OH excluding ortho intramolecular Hbond substituents is 1. The minimum Gasteiger partial charge on any atom is -0.506 e. The van der Waals surface area contributed by atoms with E-state index < -0.39 is 10.0 Å². The zero-order chi connectivity index (χ0) is 22.7. The Morgan fingerprint density at radius 3 is 2.16 bits per heavy atom. The van der Waals surface area contributed by atoms with Crippen molar-refractivity contribution in [3.63, 3.8) is 0 Å². The summed E-state index contributed by atoms with van der Waals surface area (Å²) in [6.07, 6.45) is 0. The minimum absolute atomic E-state index is 0.01000. The largest absolute Gasteiger partial charge is 0.506 e. The number of halogens is 1. The van der Waals surface area contributed by atoms with Crippen molar-refractivity contribution < 1.29 is 18.3 Å². The van der Waals surface area contributed by atoms with Gasteiger partial charge in [-0.15, -0.1) is 0 Å². The number of anilines is 1. The number of carbonyl (C=O) groups excluding carboxylic acids is 1. The summed E-state index contributed by atoms with van der Waals surface area (Å²) in [6, 6.07) is 13.7. The van der Waals surface area contributed by atoms with Crippen LogP contribution in [0.25, 0.3) is 0 Å². The van der Waals surface area contributed by atoms with Crippen LogP contribution in [0.2, 0.25) is 5.02 Å². The maximum atomic E-state index is 12.9. The van der Waals surface area contributed by atoms with Crippen molar-refractivity contribution in [3.8, 4) is 5.75 Å². The summed E-state index contributed by atoms with van der Waals surface area (Å²) in [5, 5.41) is 10.2. The number of hydrogen-bond donors (Lipinski definition) is 1. The Morgan fingerprint density at radius 2 is 1.50 bits per heavy atom. The quantitative estimate of drug-likeness (QED) is 0.704. The van der Waals surface area contributed by atoms with Crippen LogP contribution in [0.4, 0.5) is 5.69 Å². The van der Waals surface area contributed by atoms with E-state index in [-0.39, 0.29) is 34.7 Å². The summed E-state index contributed by atoms with van der Waals surface area (Å²) in [4.78, 5) is 18.8. The molecule has 0 bridgehead atoms. The highest BCUT2D eigenvalue weighted by Crippen LogP contribution is 2.27. The zero-order valence-corrected chi connectivity index (χ0v) is 19.3. The molecule has 10 heteroatoms. The Hall–Kier alpha value is -2.33. The molecular weight excluding hydrogens is 452 g/mol. The van der Waals surface area contributed by atoms with Crippen LogP contribution < -0.4 is 4.90 Å². The average Bonchev–Trinajstić information content (AvgIpc) is 2.80. The van der Waals surface area contributed by atoms with Gasteiger partial charge in [0, 0.05) is 52.4 Å². The molecule has 2 aliphatic heterocycles. The first-order valence-corrected chi connectivity index (χ1v) is 12.5. The van der Waals surface area contributed by atoms with Gasteiger partial charge in [-0.05, 0) is 24.3 Å². The van der Waals surface area contributed by atoms with E-state index in [2.05, 4.69) is 9.80 Å². The summed E-state index contributed by atoms with van der Waals surface area (Å²) < 4.78 is 27.2. The van der Waals surface area contributed by atoms with Gasteiger partial charge in [0.25, 0.3) is 0 Å². The molecule has 0 atom stereocenters. The summed E-state index contributed by atoms with van der Waals surface area (Å²) in [5.74, 6) is 0.275. The lowest BCUT2D eigenvalue weighted by Gasteiger charge is -2.38. The van der Waals surface area contributed by atoms with Crippen LogP contribution in [0.1, 0.15) is 0 Å². The fourth-order valence-corrected chi connectivity index (χ4v) is 6.06. The lowest BCUT2D eigenvalue weighted by Crippen LogP contribution is -2.54. The summed E-state index contributed by atoms with van der Waals surface area (Å²) >= 11 is 6.08. The zero-order valence-electron chi connectivity index (χ0n) is 17.7. The van der Waals surface area contributed by atoms with Gasteiger partial charge >= 0.3 is 0 Å². The Kier molecular flexibility index (Phi) is 6.90. The molecule has 2 aliphatic rings. The van der Waals surface area contributed by atoms with E-state index in [1.165, 1.54) is 10.4 Å². The number of sulfonamides is 1. The molecule has 0 spiro atoms. The summed E-state index contributed by atoms with van der Waals surface area (Å²) in [7, 11) is -3.68. The number of carbonyl (C=O) groups is 1. The van der Waals surface area contributed by atoms with Gasteiger partial charge in [0.1, 0.15) is 10.6 Å². The molecular formula is C22H27ClN4O4S. The van der Waals surface area contributed by atoms with Gasteiger partial charge in [0.2, 0.25) is 15.9 Å². The minimum atomic E-state index is -3.68. The van der Waals surface area contributed by atoms with E-state index in [0.29, 0.717) is 19.6 Å². The highest BCUT2D eigenvalue weighted by Gasteiger charge is 2.32. The highest BCUT2D eigenvalue weighted by molar-refractivity contribution is 7.89. The number of amides is 1. The normalized spacial score (nSPS) is 18.7. The third kappa shape index (κ3) is 4.85. The number of hydrogen-bond acceptors (Lipinski definition) is 6. The van der Waals surface area contributed by atoms with E-state index in [1.54, 1.807) is 35.2 Å². The topological polar surface area (TPSA) is 84.4 Å². The number of aromatic hydroxyl groups is 1. The Balaban J connectivity index is 1.27. The molecule has 0 unspecified atom stereocenters. The number of phenols is 1. The number of benzene rings is 2. The first-order valence-electron chi connectivity index (χ1n) is 10.6. The Labute approximate surface area is 193 Å². The van der Waals surface area contributed by atoms with E-state index in [9.17, 15) is 18.3 Å². The van der Waals surface area contributed by atoms with Crippen molar-refractivity contribution in [2.24, 2.45) is 0 Å². The van der Waals surface area contributed by atoms with Crippen LogP contribution in [-0.4, -0.2) is 92.4 Å². The molecule has 172 valence electrons. The van der Waals surface area contributed by atoms with Crippen molar-refractivity contribution >= 4 is 33.2 Å². The molecule has 2 aromatic carbocycles. The predicted molar refractivity (Wildman–Crippen MR) is 124 cm³/mol. The SMILES string of the molecule is O=C(CN1CCN(c2ccccc2O)CC1)N1CCN(S(=O)(=O)c2ccccc2Cl)CC1. The van der Waals surface area contributed by atoms with Crippen molar-refractivity contribution in [2.75, 3.05) is 63.8 Å². The third-order valence-electron chi connectivity index (χ3n) is 6.00. The number of nitrogens with zero attached hydrogens (tertiary/aromatic N) is 4. The van der Waals surface area contributed by atoms with Crippen LogP contribution in [0.5, 0.6) is 5.75 Å². The van der Waals surface area contributed by atoms with E-state index >= 15 is 0 Å². The van der Waals surface area contributed by atoms with Gasteiger partial charge in [-0.3, -0.25) is 9.69 Å². The predicted octanol–water partition coefficient (Wildman–Crippen LogP) is 1.70. The maximum Gasteiger partial charge on any atom is 0.244 e. The first kappa shape index (κ1) is 22.8. The van der Waals surface area contributed by atoms with Gasteiger partial charge < -0.3 is 14.9 Å². The molecule has 8 nitrogen and oxygen atoms in total. The number of rotatable bonds is 5. The molecule has 4 rings (SSSR count). The van der Waals surface area contributed by atoms with Gasteiger partial charge in [-0.1, -0.05) is 35.9 Å². The molecule has 2 fully saturated rings. The van der Waals surface area contributed by atoms with Gasteiger partial charge in [-0.2, -0.15) is 4.31 Å². The van der Waals surface area contributed by atoms with Gasteiger partial charge in [-0.25, -0.2) is 8.42 Å². The van der Waals surface area contributed by atoms with E-state index in [4.69, 9.17) is 11.6 Å². The van der Waals surface area contributed by atoms with Crippen LogP contribution in [0.15, 0.2) is 53.4 Å². The van der Waals surface area contributed by atoms with E-state index in [0.717, 1.165) is 31.9 Å². The van der Waals surface area contributed by atoms with Crippen LogP contribution >= 0.6 is 11.6 Å². The fraction of sp³-hybridized carbons (Fsp3) is 0.409. The van der Waals surface area contributed by atoms with E-state index in [1.807, 2.05) is 12.1 Å². The Bertz CT molecular complexity index is 1070. The fourth-order valence-electron chi connectivity index (χ4n) is 4.14. The smallest absolute Gasteiger partial charge is 0.244 e. The standard InChI is InChI=1S/C22H27ClN4O4S/c23-18-5-1-4-8-21(18)32(30,31)27-15-13-26(14-16-27)22(29)17-24-9-11-25(12-10-24)19-6-2-3-7-20(19)28/h1-8,28H,9-17H2. The molecule has 2 saturated heterocycles. The highest BCUT2D eigenvalue weighted by atomic mass is 35.5. The first-order chi connectivity index (χ1) is 15.4. The number of piperazine rings is 2. The molecule has 0 radical (unpaired) electrons. The molecule has 2 heterocycles. The second kappa shape index (κ2) is 9.66. The molecule has 32 heavy (non-hydrogen) atoms. The lowest BCUT2D eigenvalue weighted by atomic mass is 10.2. The number of para-hydroxylation sites is 2. The van der Waals surface area contributed by atoms with Crippen molar-refractivity contribution in [2.45, 2.75) is 4.90 Å². The van der Waals surface area contributed by atoms with Crippen molar-refractivity contribution in [1.82, 2.24) is 14.1 Å². The third-order valence-corrected chi connectivity index (χ3v) is 8.40. The molecule has 1 amide bonds. The molecule has 1 N–H and O–H groups in total. The Morgan fingerprint density at radius 1 is 0.875 bits per heavy atom. The average molecular weight is 479 g/mol. The second-order valence-corrected chi connectivity index (χ2v) is 10.3. The maximum absolute atomic E-state index is 12.9. The summed E-state index contributed by atoms with van der Waals surface area (Å²) in [6.45, 7) is 4.44. The monoisotopic (exact) mass is 478 g/mol. The van der Waals surface area contributed by atoms with Crippen LogP contribution in [-0.2, 0) is 14.8 Å². The second-order valence-electron chi connectivity index (χ2n) is 7.97. The molecule has 0 aromatic heterocycles. The molecule has 0 saturated carbocycles. The molecule has 2 aromatic rings. The molecule has 0 aliphatic carbocycles. The van der Waals surface area contributed by atoms with Gasteiger partial charge in [0.05, 0.1) is 17.3 Å². The van der Waals surface area contributed by atoms with Crippen molar-refractivity contribution in [3.05, 3.63) is 53.6 Å². The summed E-state index contributed by atoms with van der Waals surface area (Å²) in [5.41, 5.74) is 0.814. The lowest BCUT2D eigenvalue weighted by molar-refractivity contribution is -0.133. The van der Waals surface area contributed by atoms with Crippen LogP contribution in [0.3, 0.4) is 0 Å². The van der Waals surface area contributed by atoms with Crippen LogP contribution in [0, 0.1) is 0 Å².